The molecule has 0 atom stereocenters. The topological polar surface area (TPSA) is 53.1 Å². The van der Waals surface area contributed by atoms with Crippen LogP contribution in [0.15, 0.2) is 30.6 Å². The molecule has 2 aromatic rings. The van der Waals surface area contributed by atoms with E-state index in [1.54, 1.807) is 4.68 Å². The summed E-state index contributed by atoms with van der Waals surface area (Å²) >= 11 is 0. The number of rotatable bonds is 4. The van der Waals surface area contributed by atoms with Crippen molar-refractivity contribution in [3.8, 4) is 17.6 Å². The van der Waals surface area contributed by atoms with Gasteiger partial charge in [0.1, 0.15) is 5.75 Å². The van der Waals surface area contributed by atoms with Crippen LogP contribution >= 0.6 is 0 Å². The minimum absolute atomic E-state index is 0.378. The molecule has 4 heteroatoms. The molecule has 1 aromatic heterocycles. The average molecular weight is 269 g/mol. The molecule has 1 heterocycles. The summed E-state index contributed by atoms with van der Waals surface area (Å²) in [6, 6.07) is 5.91. The van der Waals surface area contributed by atoms with Crippen LogP contribution in [0, 0.1) is 18.8 Å². The Morgan fingerprint density at radius 3 is 2.90 bits per heavy atom. The van der Waals surface area contributed by atoms with Crippen LogP contribution in [0.2, 0.25) is 0 Å². The molecule has 0 aliphatic rings. The van der Waals surface area contributed by atoms with Crippen molar-refractivity contribution >= 4 is 0 Å². The Labute approximate surface area is 119 Å². The number of nitrogens with two attached hydrogens (primary N) is 1. The van der Waals surface area contributed by atoms with Crippen molar-refractivity contribution in [3.63, 3.8) is 0 Å². The summed E-state index contributed by atoms with van der Waals surface area (Å²) in [5.74, 6) is 6.77. The predicted molar refractivity (Wildman–Crippen MR) is 79.5 cm³/mol. The quantitative estimate of drug-likeness (QED) is 0.859. The highest BCUT2D eigenvalue weighted by Crippen LogP contribution is 2.17. The molecule has 0 bridgehead atoms. The fourth-order valence-corrected chi connectivity index (χ4v) is 1.90. The van der Waals surface area contributed by atoms with E-state index in [9.17, 15) is 0 Å². The molecule has 0 unspecified atom stereocenters. The van der Waals surface area contributed by atoms with Crippen LogP contribution in [0.5, 0.6) is 5.75 Å². The van der Waals surface area contributed by atoms with Crippen molar-refractivity contribution in [1.29, 1.82) is 0 Å². The third-order valence-corrected chi connectivity index (χ3v) is 2.94. The van der Waals surface area contributed by atoms with Crippen LogP contribution in [-0.4, -0.2) is 22.9 Å². The molecule has 0 fully saturated rings. The summed E-state index contributed by atoms with van der Waals surface area (Å²) in [7, 11) is 1.91. The third kappa shape index (κ3) is 3.87. The number of benzene rings is 1. The lowest BCUT2D eigenvalue weighted by molar-refractivity contribution is 0.321. The van der Waals surface area contributed by atoms with Crippen molar-refractivity contribution in [3.05, 3.63) is 47.3 Å². The van der Waals surface area contributed by atoms with E-state index in [0.29, 0.717) is 13.2 Å². The monoisotopic (exact) mass is 269 g/mol. The molecule has 0 saturated heterocycles. The molecule has 2 N–H and O–H groups in total. The van der Waals surface area contributed by atoms with E-state index in [1.807, 2.05) is 44.6 Å². The van der Waals surface area contributed by atoms with Gasteiger partial charge in [-0.1, -0.05) is 11.8 Å². The van der Waals surface area contributed by atoms with E-state index in [4.69, 9.17) is 10.5 Å². The zero-order valence-electron chi connectivity index (χ0n) is 11.9. The molecule has 0 aliphatic heterocycles. The molecular weight excluding hydrogens is 250 g/mol. The minimum Gasteiger partial charge on any atom is -0.493 e. The van der Waals surface area contributed by atoms with Gasteiger partial charge in [0.15, 0.2) is 0 Å². The van der Waals surface area contributed by atoms with Crippen molar-refractivity contribution < 1.29 is 4.74 Å². The predicted octanol–water partition coefficient (Wildman–Crippen LogP) is 1.66. The third-order valence-electron chi connectivity index (χ3n) is 2.94. The lowest BCUT2D eigenvalue weighted by atomic mass is 10.1. The van der Waals surface area contributed by atoms with Gasteiger partial charge in [-0.15, -0.1) is 0 Å². The van der Waals surface area contributed by atoms with Crippen LogP contribution in [0.1, 0.15) is 16.7 Å². The largest absolute Gasteiger partial charge is 0.493 e. The molecule has 4 nitrogen and oxygen atoms in total. The first-order valence-electron chi connectivity index (χ1n) is 6.59. The van der Waals surface area contributed by atoms with Crippen molar-refractivity contribution in [2.45, 2.75) is 13.3 Å². The van der Waals surface area contributed by atoms with Crippen molar-refractivity contribution in [2.24, 2.45) is 12.8 Å². The van der Waals surface area contributed by atoms with Gasteiger partial charge in [-0.05, 0) is 36.2 Å². The summed E-state index contributed by atoms with van der Waals surface area (Å²) in [6.45, 7) is 3.04. The second-order valence-electron chi connectivity index (χ2n) is 4.60. The van der Waals surface area contributed by atoms with Gasteiger partial charge in [0.05, 0.1) is 19.3 Å². The lowest BCUT2D eigenvalue weighted by Crippen LogP contribution is -2.01. The minimum atomic E-state index is 0.378. The molecule has 104 valence electrons. The first-order valence-corrected chi connectivity index (χ1v) is 6.59. The Balaban J connectivity index is 1.91. The van der Waals surface area contributed by atoms with E-state index in [0.717, 1.165) is 23.3 Å². The Hall–Kier alpha value is -2.25. The van der Waals surface area contributed by atoms with Gasteiger partial charge in [0.2, 0.25) is 0 Å². The van der Waals surface area contributed by atoms with Crippen molar-refractivity contribution in [1.82, 2.24) is 9.78 Å². The molecular formula is C16H19N3O. The summed E-state index contributed by atoms with van der Waals surface area (Å²) in [5, 5.41) is 4.13. The number of aryl methyl sites for hydroxylation is 2. The fraction of sp³-hybridized carbons (Fsp3) is 0.312. The molecule has 0 saturated carbocycles. The maximum Gasteiger partial charge on any atom is 0.119 e. The van der Waals surface area contributed by atoms with Crippen LogP contribution in [0.25, 0.3) is 0 Å². The second kappa shape index (κ2) is 6.78. The molecule has 0 aliphatic carbocycles. The van der Waals surface area contributed by atoms with Gasteiger partial charge in [-0.3, -0.25) is 4.68 Å². The Morgan fingerprint density at radius 2 is 2.25 bits per heavy atom. The number of ether oxygens (including phenoxy) is 1. The van der Waals surface area contributed by atoms with Gasteiger partial charge in [0.25, 0.3) is 0 Å². The van der Waals surface area contributed by atoms with Crippen molar-refractivity contribution in [2.75, 3.05) is 13.2 Å². The maximum absolute atomic E-state index is 5.75. The zero-order chi connectivity index (χ0) is 14.4. The van der Waals surface area contributed by atoms with Crippen LogP contribution in [0.3, 0.4) is 0 Å². The highest BCUT2D eigenvalue weighted by atomic mass is 16.5. The number of aromatic nitrogens is 2. The molecule has 0 spiro atoms. The smallest absolute Gasteiger partial charge is 0.119 e. The van der Waals surface area contributed by atoms with Crippen LogP contribution < -0.4 is 10.5 Å². The molecule has 0 amide bonds. The average Bonchev–Trinajstić information content (AvgIpc) is 2.84. The Morgan fingerprint density at radius 1 is 1.40 bits per heavy atom. The summed E-state index contributed by atoms with van der Waals surface area (Å²) in [5.41, 5.74) is 8.65. The van der Waals surface area contributed by atoms with E-state index in [2.05, 4.69) is 16.9 Å². The first-order chi connectivity index (χ1) is 9.69. The SMILES string of the molecule is Cc1cc(OCCc2cnn(C)c2)ccc1C#CCN. The van der Waals surface area contributed by atoms with E-state index < -0.39 is 0 Å². The van der Waals surface area contributed by atoms with Gasteiger partial charge < -0.3 is 10.5 Å². The maximum atomic E-state index is 5.75. The molecule has 20 heavy (non-hydrogen) atoms. The summed E-state index contributed by atoms with van der Waals surface area (Å²) < 4.78 is 7.55. The number of hydrogen-bond donors (Lipinski definition) is 1. The normalized spacial score (nSPS) is 9.95. The molecule has 2 rings (SSSR count). The van der Waals surface area contributed by atoms with Crippen LogP contribution in [-0.2, 0) is 13.5 Å². The van der Waals surface area contributed by atoms with E-state index in [-0.39, 0.29) is 0 Å². The van der Waals surface area contributed by atoms with Gasteiger partial charge in [-0.25, -0.2) is 0 Å². The van der Waals surface area contributed by atoms with Gasteiger partial charge >= 0.3 is 0 Å². The van der Waals surface area contributed by atoms with Gasteiger partial charge in [-0.2, -0.15) is 5.10 Å². The van der Waals surface area contributed by atoms with Gasteiger partial charge in [0, 0.05) is 25.2 Å². The van der Waals surface area contributed by atoms with E-state index in [1.165, 1.54) is 5.56 Å². The number of hydrogen-bond acceptors (Lipinski definition) is 3. The van der Waals surface area contributed by atoms with Crippen LogP contribution in [0.4, 0.5) is 0 Å². The summed E-state index contributed by atoms with van der Waals surface area (Å²) in [6.07, 6.45) is 4.71. The Kier molecular flexibility index (Phi) is 4.80. The highest BCUT2D eigenvalue weighted by molar-refractivity contribution is 5.44. The summed E-state index contributed by atoms with van der Waals surface area (Å²) in [4.78, 5) is 0. The first kappa shape index (κ1) is 14.2. The fourth-order valence-electron chi connectivity index (χ4n) is 1.90. The zero-order valence-corrected chi connectivity index (χ0v) is 11.9. The molecule has 1 aromatic carbocycles. The lowest BCUT2D eigenvalue weighted by Gasteiger charge is -2.07. The highest BCUT2D eigenvalue weighted by Gasteiger charge is 2.00. The molecule has 0 radical (unpaired) electrons. The number of nitrogens with zero attached hydrogens (tertiary/aromatic N) is 2. The standard InChI is InChI=1S/C16H19N3O/c1-13-10-16(6-5-15(13)4-3-8-17)20-9-7-14-11-18-19(2)12-14/h5-6,10-12H,7-9,17H2,1-2H3. The second-order valence-corrected chi connectivity index (χ2v) is 4.60. The van der Waals surface area contributed by atoms with E-state index >= 15 is 0 Å². The Bertz CT molecular complexity index is 635.